The fourth-order valence-corrected chi connectivity index (χ4v) is 3.80. The Labute approximate surface area is 194 Å². The summed E-state index contributed by atoms with van der Waals surface area (Å²) in [6.45, 7) is 6.97. The Bertz CT molecular complexity index is 1060. The lowest BCUT2D eigenvalue weighted by molar-refractivity contribution is 0.0204. The van der Waals surface area contributed by atoms with Gasteiger partial charge in [0.05, 0.1) is 0 Å². The van der Waals surface area contributed by atoms with Crippen LogP contribution in [0.5, 0.6) is 11.6 Å². The predicted octanol–water partition coefficient (Wildman–Crippen LogP) is 6.13. The summed E-state index contributed by atoms with van der Waals surface area (Å²) in [7, 11) is 0. The van der Waals surface area contributed by atoms with Crippen molar-refractivity contribution in [1.29, 1.82) is 0 Å². The number of likely N-dealkylation sites (tertiary alicyclic amines) is 1. The number of rotatable bonds is 5. The molecule has 3 aromatic rings. The number of hydrogen-bond donors (Lipinski definition) is 1. The second-order valence-electron chi connectivity index (χ2n) is 9.11. The summed E-state index contributed by atoms with van der Waals surface area (Å²) in [6.07, 6.45) is 4.93. The number of ether oxygens (including phenoxy) is 2. The number of piperidine rings is 1. The molecule has 0 unspecified atom stereocenters. The van der Waals surface area contributed by atoms with Crippen LogP contribution in [0.15, 0.2) is 67.0 Å². The highest BCUT2D eigenvalue weighted by atomic mass is 16.6. The molecule has 1 saturated heterocycles. The number of amides is 1. The number of aromatic nitrogens is 2. The molecule has 1 aliphatic heterocycles. The minimum atomic E-state index is -0.485. The lowest BCUT2D eigenvalue weighted by Crippen LogP contribution is -2.41. The molecular weight excluding hydrogens is 416 g/mol. The number of anilines is 2. The molecule has 0 spiro atoms. The van der Waals surface area contributed by atoms with Gasteiger partial charge in [-0.2, -0.15) is 0 Å². The van der Waals surface area contributed by atoms with E-state index in [9.17, 15) is 4.79 Å². The van der Waals surface area contributed by atoms with Gasteiger partial charge in [-0.1, -0.05) is 12.1 Å². The van der Waals surface area contributed by atoms with E-state index in [0.29, 0.717) is 24.7 Å². The van der Waals surface area contributed by atoms with Gasteiger partial charge in [-0.3, -0.25) is 0 Å². The van der Waals surface area contributed by atoms with E-state index < -0.39 is 5.60 Å². The third-order valence-electron chi connectivity index (χ3n) is 5.39. The molecule has 172 valence electrons. The van der Waals surface area contributed by atoms with Crippen LogP contribution in [-0.2, 0) is 4.74 Å². The number of nitrogens with one attached hydrogen (secondary N) is 1. The molecule has 0 radical (unpaired) electrons. The van der Waals surface area contributed by atoms with Gasteiger partial charge in [0.25, 0.3) is 0 Å². The van der Waals surface area contributed by atoms with E-state index in [1.165, 1.54) is 0 Å². The maximum Gasteiger partial charge on any atom is 0.410 e. The average molecular weight is 447 g/mol. The average Bonchev–Trinajstić information content (AvgIpc) is 2.80. The van der Waals surface area contributed by atoms with Crippen LogP contribution in [0.4, 0.5) is 16.3 Å². The summed E-state index contributed by atoms with van der Waals surface area (Å²) in [5.41, 5.74) is 1.51. The standard InChI is InChI=1S/C26H30N4O3/c1-26(2,3)33-25(31)30-17-13-19(14-18-30)22-7-6-16-28-24(22)32-21-11-9-20(10-12-21)29-23-8-4-5-15-27-23/h4-12,15-16,19H,13-14,17-18H2,1-3H3,(H,27,29). The first-order chi connectivity index (χ1) is 15.9. The second-order valence-corrected chi connectivity index (χ2v) is 9.11. The van der Waals surface area contributed by atoms with Gasteiger partial charge in [-0.05, 0) is 82.0 Å². The van der Waals surface area contributed by atoms with Gasteiger partial charge in [0.1, 0.15) is 17.2 Å². The number of nitrogens with zero attached hydrogens (tertiary/aromatic N) is 3. The van der Waals surface area contributed by atoms with Gasteiger partial charge in [0.2, 0.25) is 5.88 Å². The van der Waals surface area contributed by atoms with Crippen LogP contribution in [0.25, 0.3) is 0 Å². The minimum absolute atomic E-state index is 0.247. The smallest absolute Gasteiger partial charge is 0.410 e. The minimum Gasteiger partial charge on any atom is -0.444 e. The lowest BCUT2D eigenvalue weighted by atomic mass is 9.90. The molecule has 2 aromatic heterocycles. The highest BCUT2D eigenvalue weighted by Gasteiger charge is 2.29. The van der Waals surface area contributed by atoms with Gasteiger partial charge in [-0.15, -0.1) is 0 Å². The quantitative estimate of drug-likeness (QED) is 0.508. The third-order valence-corrected chi connectivity index (χ3v) is 5.39. The van der Waals surface area contributed by atoms with Crippen molar-refractivity contribution in [3.8, 4) is 11.6 Å². The molecule has 7 heteroatoms. The molecule has 3 heterocycles. The summed E-state index contributed by atoms with van der Waals surface area (Å²) in [5, 5.41) is 3.26. The number of pyridine rings is 2. The van der Waals surface area contributed by atoms with Crippen LogP contribution in [-0.4, -0.2) is 39.7 Å². The molecule has 1 N–H and O–H groups in total. The van der Waals surface area contributed by atoms with Crippen molar-refractivity contribution in [2.24, 2.45) is 0 Å². The summed E-state index contributed by atoms with van der Waals surface area (Å²) < 4.78 is 11.7. The maximum atomic E-state index is 12.4. The first-order valence-corrected chi connectivity index (χ1v) is 11.3. The fraction of sp³-hybridized carbons (Fsp3) is 0.346. The molecule has 0 aliphatic carbocycles. The van der Waals surface area contributed by atoms with Crippen molar-refractivity contribution in [2.75, 3.05) is 18.4 Å². The van der Waals surface area contributed by atoms with E-state index in [-0.39, 0.29) is 12.0 Å². The van der Waals surface area contributed by atoms with Crippen molar-refractivity contribution < 1.29 is 14.3 Å². The van der Waals surface area contributed by atoms with E-state index in [4.69, 9.17) is 9.47 Å². The van der Waals surface area contributed by atoms with Crippen molar-refractivity contribution in [3.63, 3.8) is 0 Å². The molecule has 1 fully saturated rings. The number of carbonyl (C=O) groups excluding carboxylic acids is 1. The third kappa shape index (κ3) is 6.22. The normalized spacial score (nSPS) is 14.6. The first-order valence-electron chi connectivity index (χ1n) is 11.3. The van der Waals surface area contributed by atoms with Crippen LogP contribution in [0.1, 0.15) is 45.1 Å². The molecule has 33 heavy (non-hydrogen) atoms. The molecule has 7 nitrogen and oxygen atoms in total. The van der Waals surface area contributed by atoms with Crippen molar-refractivity contribution in [3.05, 3.63) is 72.6 Å². The van der Waals surface area contributed by atoms with Gasteiger partial charge in [-0.25, -0.2) is 14.8 Å². The van der Waals surface area contributed by atoms with Crippen LogP contribution >= 0.6 is 0 Å². The van der Waals surface area contributed by atoms with Gasteiger partial charge < -0.3 is 19.7 Å². The zero-order valence-corrected chi connectivity index (χ0v) is 19.3. The first kappa shape index (κ1) is 22.6. The zero-order valence-electron chi connectivity index (χ0n) is 19.3. The number of hydrogen-bond acceptors (Lipinski definition) is 6. The second kappa shape index (κ2) is 9.90. The molecule has 1 aliphatic rings. The van der Waals surface area contributed by atoms with E-state index in [2.05, 4.69) is 21.4 Å². The summed E-state index contributed by atoms with van der Waals surface area (Å²) in [6, 6.07) is 17.5. The Hall–Kier alpha value is -3.61. The van der Waals surface area contributed by atoms with E-state index in [1.807, 2.05) is 69.3 Å². The zero-order chi connectivity index (χ0) is 23.3. The van der Waals surface area contributed by atoms with Crippen molar-refractivity contribution in [2.45, 2.75) is 45.1 Å². The largest absolute Gasteiger partial charge is 0.444 e. The van der Waals surface area contributed by atoms with Crippen molar-refractivity contribution >= 4 is 17.6 Å². The van der Waals surface area contributed by atoms with Crippen LogP contribution in [0, 0.1) is 0 Å². The Balaban J connectivity index is 1.39. The number of benzene rings is 1. The molecule has 1 aromatic carbocycles. The Morgan fingerprint density at radius 2 is 1.70 bits per heavy atom. The highest BCUT2D eigenvalue weighted by Crippen LogP contribution is 2.35. The Morgan fingerprint density at radius 1 is 0.970 bits per heavy atom. The molecule has 1 amide bonds. The molecular formula is C26H30N4O3. The monoisotopic (exact) mass is 446 g/mol. The van der Waals surface area contributed by atoms with Gasteiger partial charge >= 0.3 is 6.09 Å². The lowest BCUT2D eigenvalue weighted by Gasteiger charge is -2.33. The summed E-state index contributed by atoms with van der Waals surface area (Å²) in [5.74, 6) is 2.39. The number of carbonyl (C=O) groups is 1. The molecule has 0 bridgehead atoms. The van der Waals surface area contributed by atoms with E-state index in [0.717, 1.165) is 29.9 Å². The van der Waals surface area contributed by atoms with Crippen molar-refractivity contribution in [1.82, 2.24) is 14.9 Å². The summed E-state index contributed by atoms with van der Waals surface area (Å²) in [4.78, 5) is 22.9. The highest BCUT2D eigenvalue weighted by molar-refractivity contribution is 5.68. The molecule has 4 rings (SSSR count). The molecule has 0 saturated carbocycles. The van der Waals surface area contributed by atoms with Gasteiger partial charge in [0.15, 0.2) is 0 Å². The SMILES string of the molecule is CC(C)(C)OC(=O)N1CCC(c2cccnc2Oc2ccc(Nc3ccccn3)cc2)CC1. The topological polar surface area (TPSA) is 76.6 Å². The maximum absolute atomic E-state index is 12.4. The predicted molar refractivity (Wildman–Crippen MR) is 128 cm³/mol. The molecule has 0 atom stereocenters. The van der Waals surface area contributed by atoms with E-state index in [1.54, 1.807) is 17.3 Å². The van der Waals surface area contributed by atoms with Crippen LogP contribution in [0.2, 0.25) is 0 Å². The van der Waals surface area contributed by atoms with Crippen LogP contribution < -0.4 is 10.1 Å². The van der Waals surface area contributed by atoms with Crippen LogP contribution in [0.3, 0.4) is 0 Å². The Kier molecular flexibility index (Phi) is 6.77. The van der Waals surface area contributed by atoms with Gasteiger partial charge in [0, 0.05) is 36.7 Å². The fourth-order valence-electron chi connectivity index (χ4n) is 3.80. The summed E-state index contributed by atoms with van der Waals surface area (Å²) >= 11 is 0. The van der Waals surface area contributed by atoms with E-state index >= 15 is 0 Å². The Morgan fingerprint density at radius 3 is 2.36 bits per heavy atom.